The van der Waals surface area contributed by atoms with Crippen molar-refractivity contribution < 1.29 is 14.3 Å². The highest BCUT2D eigenvalue weighted by atomic mass is 79.9. The predicted octanol–water partition coefficient (Wildman–Crippen LogP) is 2.43. The summed E-state index contributed by atoms with van der Waals surface area (Å²) >= 11 is 3.17. The topological polar surface area (TPSA) is 40.5 Å². The smallest absolute Gasteiger partial charge is 0.253 e. The summed E-state index contributed by atoms with van der Waals surface area (Å²) in [7, 11) is 1.70. The number of carbonyl (C=O) groups is 1. The molecule has 98 valence electrons. The Hall–Kier alpha value is -0.940. The van der Waals surface area contributed by atoms with Crippen molar-refractivity contribution in [3.8, 4) is 0 Å². The van der Waals surface area contributed by atoms with Crippen LogP contribution in [0.4, 0.5) is 4.39 Å². The fourth-order valence-corrected chi connectivity index (χ4v) is 2.68. The van der Waals surface area contributed by atoms with E-state index in [0.717, 1.165) is 12.8 Å². The number of benzene rings is 1. The van der Waals surface area contributed by atoms with Crippen LogP contribution >= 0.6 is 15.9 Å². The molecule has 18 heavy (non-hydrogen) atoms. The summed E-state index contributed by atoms with van der Waals surface area (Å²) in [6.07, 6.45) is 1.26. The molecule has 1 aliphatic carbocycles. The maximum absolute atomic E-state index is 13.2. The van der Waals surface area contributed by atoms with Crippen molar-refractivity contribution >= 4 is 21.8 Å². The molecule has 0 spiro atoms. The van der Waals surface area contributed by atoms with Crippen molar-refractivity contribution in [1.29, 1.82) is 0 Å². The largest absolute Gasteiger partial charge is 0.393 e. The standard InChI is InChI=1S/C13H15BrFNO2/c1-16(7-8-2-12(17)3-8)13(18)9-4-10(14)6-11(15)5-9/h4-6,8,12,17H,2-3,7H2,1H3. The van der Waals surface area contributed by atoms with E-state index in [4.69, 9.17) is 0 Å². The highest BCUT2D eigenvalue weighted by Crippen LogP contribution is 2.28. The quantitative estimate of drug-likeness (QED) is 0.930. The Balaban J connectivity index is 2.01. The average Bonchev–Trinajstić information content (AvgIpc) is 2.24. The van der Waals surface area contributed by atoms with Crippen molar-refractivity contribution in [1.82, 2.24) is 4.90 Å². The minimum absolute atomic E-state index is 0.198. The Morgan fingerprint density at radius 2 is 2.17 bits per heavy atom. The van der Waals surface area contributed by atoms with Gasteiger partial charge in [0.15, 0.2) is 0 Å². The molecule has 0 heterocycles. The summed E-state index contributed by atoms with van der Waals surface area (Å²) in [5, 5.41) is 9.20. The minimum atomic E-state index is -0.430. The van der Waals surface area contributed by atoms with Gasteiger partial charge in [-0.2, -0.15) is 0 Å². The van der Waals surface area contributed by atoms with Crippen molar-refractivity contribution in [2.45, 2.75) is 18.9 Å². The van der Waals surface area contributed by atoms with Crippen LogP contribution < -0.4 is 0 Å². The lowest BCUT2D eigenvalue weighted by atomic mass is 9.82. The van der Waals surface area contributed by atoms with E-state index in [0.29, 0.717) is 22.5 Å². The molecular weight excluding hydrogens is 301 g/mol. The van der Waals surface area contributed by atoms with Crippen molar-refractivity contribution in [3.63, 3.8) is 0 Å². The molecule has 0 aliphatic heterocycles. The van der Waals surface area contributed by atoms with Crippen molar-refractivity contribution in [2.75, 3.05) is 13.6 Å². The van der Waals surface area contributed by atoms with Crippen LogP contribution in [0.3, 0.4) is 0 Å². The van der Waals surface area contributed by atoms with Crippen molar-refractivity contribution in [3.05, 3.63) is 34.1 Å². The Morgan fingerprint density at radius 3 is 2.72 bits per heavy atom. The Labute approximate surface area is 114 Å². The molecule has 1 aliphatic rings. The van der Waals surface area contributed by atoms with Crippen LogP contribution in [-0.2, 0) is 0 Å². The summed E-state index contributed by atoms with van der Waals surface area (Å²) < 4.78 is 13.8. The first-order valence-corrected chi connectivity index (χ1v) is 6.64. The highest BCUT2D eigenvalue weighted by Gasteiger charge is 2.29. The van der Waals surface area contributed by atoms with Gasteiger partial charge in [-0.25, -0.2) is 4.39 Å². The number of aliphatic hydroxyl groups is 1. The van der Waals surface area contributed by atoms with Crippen LogP contribution in [-0.4, -0.2) is 35.6 Å². The first-order valence-electron chi connectivity index (χ1n) is 5.85. The van der Waals surface area contributed by atoms with Crippen LogP contribution in [0.15, 0.2) is 22.7 Å². The maximum atomic E-state index is 13.2. The number of amides is 1. The minimum Gasteiger partial charge on any atom is -0.393 e. The number of hydrogen-bond donors (Lipinski definition) is 1. The van der Waals surface area contributed by atoms with Gasteiger partial charge in [0.1, 0.15) is 5.82 Å². The van der Waals surface area contributed by atoms with E-state index in [1.165, 1.54) is 12.1 Å². The Bertz CT molecular complexity index is 440. The van der Waals surface area contributed by atoms with Gasteiger partial charge in [-0.05, 0) is 37.0 Å². The van der Waals surface area contributed by atoms with Gasteiger partial charge in [0.2, 0.25) is 0 Å². The summed E-state index contributed by atoms with van der Waals surface area (Å²) in [6, 6.07) is 4.16. The molecule has 0 radical (unpaired) electrons. The van der Waals surface area contributed by atoms with Crippen LogP contribution in [0.1, 0.15) is 23.2 Å². The first-order chi connectivity index (χ1) is 8.45. The summed E-state index contributed by atoms with van der Waals surface area (Å²) in [6.45, 7) is 0.601. The first kappa shape index (κ1) is 13.5. The fourth-order valence-electron chi connectivity index (χ4n) is 2.22. The molecule has 1 aromatic carbocycles. The lowest BCUT2D eigenvalue weighted by Gasteiger charge is -2.34. The number of carbonyl (C=O) groups excluding carboxylic acids is 1. The molecule has 0 unspecified atom stereocenters. The molecule has 2 rings (SSSR count). The van der Waals surface area contributed by atoms with Crippen molar-refractivity contribution in [2.24, 2.45) is 5.92 Å². The van der Waals surface area contributed by atoms with E-state index in [2.05, 4.69) is 15.9 Å². The number of hydrogen-bond acceptors (Lipinski definition) is 2. The Kier molecular flexibility index (Phi) is 4.02. The zero-order valence-electron chi connectivity index (χ0n) is 10.1. The van der Waals surface area contributed by atoms with Crippen LogP contribution in [0.5, 0.6) is 0 Å². The van der Waals surface area contributed by atoms with E-state index >= 15 is 0 Å². The van der Waals surface area contributed by atoms with E-state index < -0.39 is 5.82 Å². The van der Waals surface area contributed by atoms with Gasteiger partial charge in [0.05, 0.1) is 6.10 Å². The molecule has 3 nitrogen and oxygen atoms in total. The summed E-state index contributed by atoms with van der Waals surface area (Å²) in [5.74, 6) is -0.275. The second kappa shape index (κ2) is 5.36. The zero-order chi connectivity index (χ0) is 13.3. The predicted molar refractivity (Wildman–Crippen MR) is 69.8 cm³/mol. The van der Waals surface area contributed by atoms with Gasteiger partial charge in [-0.1, -0.05) is 15.9 Å². The van der Waals surface area contributed by atoms with E-state index in [1.54, 1.807) is 18.0 Å². The zero-order valence-corrected chi connectivity index (χ0v) is 11.7. The van der Waals surface area contributed by atoms with Gasteiger partial charge < -0.3 is 10.0 Å². The van der Waals surface area contributed by atoms with Gasteiger partial charge in [0, 0.05) is 23.6 Å². The fraction of sp³-hybridized carbons (Fsp3) is 0.462. The molecule has 0 atom stereocenters. The molecule has 0 aromatic heterocycles. The molecular formula is C13H15BrFNO2. The number of aliphatic hydroxyl groups excluding tert-OH is 1. The monoisotopic (exact) mass is 315 g/mol. The second-order valence-electron chi connectivity index (χ2n) is 4.84. The van der Waals surface area contributed by atoms with E-state index in [9.17, 15) is 14.3 Å². The van der Waals surface area contributed by atoms with Crippen LogP contribution in [0.2, 0.25) is 0 Å². The molecule has 1 N–H and O–H groups in total. The molecule has 5 heteroatoms. The molecule has 0 saturated heterocycles. The second-order valence-corrected chi connectivity index (χ2v) is 5.75. The van der Waals surface area contributed by atoms with Gasteiger partial charge >= 0.3 is 0 Å². The highest BCUT2D eigenvalue weighted by molar-refractivity contribution is 9.10. The number of rotatable bonds is 3. The lowest BCUT2D eigenvalue weighted by Crippen LogP contribution is -2.39. The summed E-state index contributed by atoms with van der Waals surface area (Å²) in [4.78, 5) is 13.7. The number of halogens is 2. The molecule has 1 amide bonds. The average molecular weight is 316 g/mol. The van der Waals surface area contributed by atoms with Crippen LogP contribution in [0, 0.1) is 11.7 Å². The Morgan fingerprint density at radius 1 is 1.50 bits per heavy atom. The van der Waals surface area contributed by atoms with E-state index in [1.807, 2.05) is 0 Å². The van der Waals surface area contributed by atoms with Gasteiger partial charge in [-0.15, -0.1) is 0 Å². The van der Waals surface area contributed by atoms with Gasteiger partial charge in [0.25, 0.3) is 5.91 Å². The third-order valence-corrected chi connectivity index (χ3v) is 3.66. The SMILES string of the molecule is CN(CC1CC(O)C1)C(=O)c1cc(F)cc(Br)c1. The summed E-state index contributed by atoms with van der Waals surface area (Å²) in [5.41, 5.74) is 0.337. The lowest BCUT2D eigenvalue weighted by molar-refractivity contribution is 0.0265. The van der Waals surface area contributed by atoms with Crippen LogP contribution in [0.25, 0.3) is 0 Å². The molecule has 1 fully saturated rings. The molecule has 0 bridgehead atoms. The molecule has 1 aromatic rings. The van der Waals surface area contributed by atoms with E-state index in [-0.39, 0.29) is 12.0 Å². The third-order valence-electron chi connectivity index (χ3n) is 3.20. The third kappa shape index (κ3) is 3.09. The normalized spacial score (nSPS) is 22.4. The molecule has 1 saturated carbocycles. The maximum Gasteiger partial charge on any atom is 0.253 e. The number of nitrogens with zero attached hydrogens (tertiary/aromatic N) is 1. The van der Waals surface area contributed by atoms with Gasteiger partial charge in [-0.3, -0.25) is 4.79 Å².